The molecule has 6 heteroatoms. The van der Waals surface area contributed by atoms with Crippen molar-refractivity contribution in [1.82, 2.24) is 4.90 Å². The summed E-state index contributed by atoms with van der Waals surface area (Å²) >= 11 is 0. The first-order valence-electron chi connectivity index (χ1n) is 10.3. The number of hydrogen-bond donors (Lipinski definition) is 1. The van der Waals surface area contributed by atoms with Crippen molar-refractivity contribution in [2.45, 2.75) is 20.8 Å². The number of nitrogens with zero attached hydrogens (tertiary/aromatic N) is 2. The lowest BCUT2D eigenvalue weighted by molar-refractivity contribution is -0.118. The largest absolute Gasteiger partial charge is 0.494 e. The number of carbonyl (C=O) groups excluding carboxylic acids is 1. The van der Waals surface area contributed by atoms with Crippen molar-refractivity contribution in [3.63, 3.8) is 0 Å². The normalized spacial score (nSPS) is 14.5. The van der Waals surface area contributed by atoms with Crippen molar-refractivity contribution in [1.29, 1.82) is 0 Å². The zero-order valence-electron chi connectivity index (χ0n) is 17.6. The molecule has 156 valence electrons. The molecule has 0 aromatic heterocycles. The molecule has 1 amide bonds. The number of rotatable bonds is 8. The van der Waals surface area contributed by atoms with Gasteiger partial charge in [0.25, 0.3) is 5.91 Å². The van der Waals surface area contributed by atoms with E-state index >= 15 is 0 Å². The van der Waals surface area contributed by atoms with Crippen molar-refractivity contribution in [2.75, 3.05) is 56.2 Å². The first kappa shape index (κ1) is 21.0. The summed E-state index contributed by atoms with van der Waals surface area (Å²) < 4.78 is 11.0. The average molecular weight is 398 g/mol. The third kappa shape index (κ3) is 5.87. The summed E-state index contributed by atoms with van der Waals surface area (Å²) in [6.07, 6.45) is 0. The Bertz CT molecular complexity index is 800. The van der Waals surface area contributed by atoms with Crippen molar-refractivity contribution in [3.8, 4) is 11.5 Å². The minimum Gasteiger partial charge on any atom is -0.494 e. The van der Waals surface area contributed by atoms with Gasteiger partial charge in [0.15, 0.2) is 6.61 Å². The minimum atomic E-state index is -0.175. The highest BCUT2D eigenvalue weighted by Crippen LogP contribution is 2.24. The molecule has 0 atom stereocenters. The summed E-state index contributed by atoms with van der Waals surface area (Å²) in [4.78, 5) is 17.1. The molecule has 1 aliphatic heterocycles. The highest BCUT2D eigenvalue weighted by molar-refractivity contribution is 5.92. The van der Waals surface area contributed by atoms with Gasteiger partial charge in [-0.3, -0.25) is 4.79 Å². The molecule has 3 rings (SSSR count). The van der Waals surface area contributed by atoms with E-state index in [1.807, 2.05) is 32.0 Å². The Morgan fingerprint density at radius 3 is 2.21 bits per heavy atom. The quantitative estimate of drug-likeness (QED) is 0.738. The third-order valence-corrected chi connectivity index (χ3v) is 5.17. The molecule has 1 fully saturated rings. The van der Waals surface area contributed by atoms with E-state index < -0.39 is 0 Å². The lowest BCUT2D eigenvalue weighted by Gasteiger charge is -2.35. The first-order valence-corrected chi connectivity index (χ1v) is 10.3. The monoisotopic (exact) mass is 397 g/mol. The molecule has 0 radical (unpaired) electrons. The van der Waals surface area contributed by atoms with E-state index in [-0.39, 0.29) is 12.5 Å². The van der Waals surface area contributed by atoms with E-state index in [1.54, 1.807) is 12.1 Å². The Balaban J connectivity index is 1.51. The van der Waals surface area contributed by atoms with E-state index in [2.05, 4.69) is 34.2 Å². The van der Waals surface area contributed by atoms with Gasteiger partial charge < -0.3 is 24.6 Å². The Labute approximate surface area is 173 Å². The van der Waals surface area contributed by atoms with Crippen LogP contribution in [0.3, 0.4) is 0 Å². The summed E-state index contributed by atoms with van der Waals surface area (Å²) in [5.41, 5.74) is 3.08. The molecule has 2 aromatic carbocycles. The summed E-state index contributed by atoms with van der Waals surface area (Å²) in [5, 5.41) is 2.94. The standard InChI is InChI=1S/C23H31N3O3/c1-4-25-12-14-26(15-13-25)19-6-11-22(18(3)16-19)24-23(27)17-29-21-9-7-20(8-10-21)28-5-2/h6-11,16H,4-5,12-15,17H2,1-3H3,(H,24,27). The van der Waals surface area contributed by atoms with Gasteiger partial charge in [0.05, 0.1) is 6.61 Å². The molecule has 1 heterocycles. The van der Waals surface area contributed by atoms with Crippen LogP contribution in [0, 0.1) is 6.92 Å². The Morgan fingerprint density at radius 1 is 0.966 bits per heavy atom. The van der Waals surface area contributed by atoms with Gasteiger partial charge in [-0.25, -0.2) is 0 Å². The number of aryl methyl sites for hydroxylation is 1. The SMILES string of the molecule is CCOc1ccc(OCC(=O)Nc2ccc(N3CCN(CC)CC3)cc2C)cc1. The summed E-state index contributed by atoms with van der Waals surface area (Å²) in [6, 6.07) is 13.5. The van der Waals surface area contributed by atoms with Crippen LogP contribution in [-0.2, 0) is 4.79 Å². The van der Waals surface area contributed by atoms with Gasteiger partial charge >= 0.3 is 0 Å². The van der Waals surface area contributed by atoms with Crippen molar-refractivity contribution in [3.05, 3.63) is 48.0 Å². The number of ether oxygens (including phenoxy) is 2. The number of hydrogen-bond acceptors (Lipinski definition) is 5. The van der Waals surface area contributed by atoms with E-state index in [1.165, 1.54) is 5.69 Å². The van der Waals surface area contributed by atoms with Crippen molar-refractivity contribution < 1.29 is 14.3 Å². The number of anilines is 2. The van der Waals surface area contributed by atoms with E-state index in [9.17, 15) is 4.79 Å². The van der Waals surface area contributed by atoms with E-state index in [0.29, 0.717) is 12.4 Å². The number of likely N-dealkylation sites (N-methyl/N-ethyl adjacent to an activating group) is 1. The highest BCUT2D eigenvalue weighted by Gasteiger charge is 2.16. The van der Waals surface area contributed by atoms with E-state index in [0.717, 1.165) is 49.7 Å². The van der Waals surface area contributed by atoms with Gasteiger partial charge in [-0.1, -0.05) is 6.92 Å². The summed E-state index contributed by atoms with van der Waals surface area (Å²) in [5.74, 6) is 1.25. The fourth-order valence-electron chi connectivity index (χ4n) is 3.44. The predicted octanol–water partition coefficient (Wildman–Crippen LogP) is 3.55. The van der Waals surface area contributed by atoms with Crippen LogP contribution in [0.5, 0.6) is 11.5 Å². The zero-order valence-corrected chi connectivity index (χ0v) is 17.6. The number of amides is 1. The highest BCUT2D eigenvalue weighted by atomic mass is 16.5. The van der Waals surface area contributed by atoms with Crippen LogP contribution >= 0.6 is 0 Å². The second-order valence-corrected chi connectivity index (χ2v) is 7.16. The molecular formula is C23H31N3O3. The molecule has 0 unspecified atom stereocenters. The van der Waals surface area contributed by atoms with Crippen LogP contribution in [0.1, 0.15) is 19.4 Å². The summed E-state index contributed by atoms with van der Waals surface area (Å²) in [7, 11) is 0. The topological polar surface area (TPSA) is 54.0 Å². The smallest absolute Gasteiger partial charge is 0.262 e. The minimum absolute atomic E-state index is 0.0336. The Hall–Kier alpha value is -2.73. The molecule has 6 nitrogen and oxygen atoms in total. The second-order valence-electron chi connectivity index (χ2n) is 7.16. The van der Waals surface area contributed by atoms with Crippen molar-refractivity contribution >= 4 is 17.3 Å². The van der Waals surface area contributed by atoms with E-state index in [4.69, 9.17) is 9.47 Å². The zero-order chi connectivity index (χ0) is 20.6. The van der Waals surface area contributed by atoms with Crippen LogP contribution in [0.2, 0.25) is 0 Å². The number of benzene rings is 2. The second kappa shape index (κ2) is 10.2. The van der Waals surface area contributed by atoms with Gasteiger partial charge in [0.2, 0.25) is 0 Å². The van der Waals surface area contributed by atoms with Crippen molar-refractivity contribution in [2.24, 2.45) is 0 Å². The average Bonchev–Trinajstić information content (AvgIpc) is 2.75. The molecule has 2 aromatic rings. The molecule has 0 spiro atoms. The Morgan fingerprint density at radius 2 is 1.62 bits per heavy atom. The lowest BCUT2D eigenvalue weighted by atomic mass is 10.1. The third-order valence-electron chi connectivity index (χ3n) is 5.17. The summed E-state index contributed by atoms with van der Waals surface area (Å²) in [6.45, 7) is 12.1. The molecule has 0 aliphatic carbocycles. The lowest BCUT2D eigenvalue weighted by Crippen LogP contribution is -2.46. The predicted molar refractivity (Wildman–Crippen MR) is 117 cm³/mol. The molecule has 29 heavy (non-hydrogen) atoms. The van der Waals surface area contributed by atoms with Crippen LogP contribution < -0.4 is 19.7 Å². The van der Waals surface area contributed by atoms with Gasteiger partial charge in [-0.15, -0.1) is 0 Å². The van der Waals surface area contributed by atoms with Crippen LogP contribution in [-0.4, -0.2) is 56.7 Å². The van der Waals surface area contributed by atoms with Crippen LogP contribution in [0.4, 0.5) is 11.4 Å². The number of nitrogens with one attached hydrogen (secondary N) is 1. The van der Waals surface area contributed by atoms with Crippen LogP contribution in [0.25, 0.3) is 0 Å². The first-order chi connectivity index (χ1) is 14.1. The van der Waals surface area contributed by atoms with Crippen LogP contribution in [0.15, 0.2) is 42.5 Å². The van der Waals surface area contributed by atoms with Gasteiger partial charge in [0, 0.05) is 37.6 Å². The molecule has 1 saturated heterocycles. The maximum absolute atomic E-state index is 12.3. The maximum atomic E-state index is 12.3. The molecular weight excluding hydrogens is 366 g/mol. The number of piperazine rings is 1. The number of carbonyl (C=O) groups is 1. The van der Waals surface area contributed by atoms with Gasteiger partial charge in [0.1, 0.15) is 11.5 Å². The van der Waals surface area contributed by atoms with Gasteiger partial charge in [-0.2, -0.15) is 0 Å². The fourth-order valence-corrected chi connectivity index (χ4v) is 3.44. The molecule has 1 aliphatic rings. The molecule has 0 bridgehead atoms. The van der Waals surface area contributed by atoms with Gasteiger partial charge in [-0.05, 0) is 68.4 Å². The fraction of sp³-hybridized carbons (Fsp3) is 0.435. The Kier molecular flexibility index (Phi) is 7.36. The molecule has 0 saturated carbocycles. The maximum Gasteiger partial charge on any atom is 0.262 e. The molecule has 1 N–H and O–H groups in total.